The number of hydrogen-bond donors (Lipinski definition) is 0. The zero-order chi connectivity index (χ0) is 15.5. The normalized spacial score (nSPS) is 24.2. The molecule has 1 fully saturated rings. The van der Waals surface area contributed by atoms with Gasteiger partial charge in [0.2, 0.25) is 0 Å². The van der Waals surface area contributed by atoms with Crippen molar-refractivity contribution in [3.05, 3.63) is 40.4 Å². The quantitative estimate of drug-likeness (QED) is 0.399. The van der Waals surface area contributed by atoms with Crippen LogP contribution in [0.1, 0.15) is 47.0 Å². The van der Waals surface area contributed by atoms with E-state index >= 15 is 0 Å². The molecular weight excluding hydrogens is 283 g/mol. The van der Waals surface area contributed by atoms with Crippen molar-refractivity contribution in [3.8, 4) is 0 Å². The highest BCUT2D eigenvalue weighted by atomic mass is 31.2. The molecule has 21 heavy (non-hydrogen) atoms. The molecule has 0 aromatic heterocycles. The van der Waals surface area contributed by atoms with E-state index in [1.807, 2.05) is 13.0 Å². The maximum absolute atomic E-state index is 12.0. The van der Waals surface area contributed by atoms with Crippen molar-refractivity contribution in [2.45, 2.75) is 47.0 Å². The number of allylic oxidation sites excluding steroid dienone is 5. The lowest BCUT2D eigenvalue weighted by Gasteiger charge is -2.32. The van der Waals surface area contributed by atoms with Gasteiger partial charge in [0, 0.05) is 0 Å². The van der Waals surface area contributed by atoms with E-state index in [0.717, 1.165) is 5.57 Å². The van der Waals surface area contributed by atoms with Crippen molar-refractivity contribution in [1.29, 1.82) is 0 Å². The molecule has 2 rings (SSSR count). The molecule has 0 atom stereocenters. The second-order valence-electron chi connectivity index (χ2n) is 6.43. The van der Waals surface area contributed by atoms with E-state index in [4.69, 9.17) is 9.05 Å². The first-order valence-electron chi connectivity index (χ1n) is 7.54. The van der Waals surface area contributed by atoms with Gasteiger partial charge in [-0.2, -0.15) is 0 Å². The van der Waals surface area contributed by atoms with Gasteiger partial charge in [-0.3, -0.25) is 4.57 Å². The Morgan fingerprint density at radius 3 is 2.62 bits per heavy atom. The summed E-state index contributed by atoms with van der Waals surface area (Å²) in [5.41, 5.74) is 7.05. The van der Waals surface area contributed by atoms with Crippen LogP contribution in [0.2, 0.25) is 0 Å². The summed E-state index contributed by atoms with van der Waals surface area (Å²) in [5, 5.41) is 0. The molecule has 1 saturated heterocycles. The van der Waals surface area contributed by atoms with Crippen LogP contribution in [-0.4, -0.2) is 13.2 Å². The van der Waals surface area contributed by atoms with Gasteiger partial charge in [-0.25, -0.2) is 0 Å². The van der Waals surface area contributed by atoms with Gasteiger partial charge in [0.1, 0.15) is 0 Å². The minimum absolute atomic E-state index is 0.229. The maximum atomic E-state index is 12.0. The van der Waals surface area contributed by atoms with Gasteiger partial charge in [-0.05, 0) is 49.7 Å². The minimum Gasteiger partial charge on any atom is -0.303 e. The Balaban J connectivity index is 2.16. The zero-order valence-corrected chi connectivity index (χ0v) is 14.3. The molecule has 0 radical (unpaired) electrons. The monoisotopic (exact) mass is 308 g/mol. The largest absolute Gasteiger partial charge is 0.361 e. The van der Waals surface area contributed by atoms with Gasteiger partial charge in [0.25, 0.3) is 0 Å². The van der Waals surface area contributed by atoms with E-state index in [-0.39, 0.29) is 5.41 Å². The molecule has 0 saturated carbocycles. The van der Waals surface area contributed by atoms with Crippen LogP contribution in [0.15, 0.2) is 40.4 Å². The van der Waals surface area contributed by atoms with Crippen LogP contribution in [-0.2, 0) is 13.6 Å². The summed E-state index contributed by atoms with van der Waals surface area (Å²) >= 11 is 0. The highest BCUT2D eigenvalue weighted by molar-refractivity contribution is 7.57. The predicted octanol–water partition coefficient (Wildman–Crippen LogP) is 5.37. The van der Waals surface area contributed by atoms with Crippen molar-refractivity contribution in [2.24, 2.45) is 5.41 Å². The smallest absolute Gasteiger partial charge is 0.303 e. The lowest BCUT2D eigenvalue weighted by Crippen LogP contribution is -2.19. The van der Waals surface area contributed by atoms with E-state index in [0.29, 0.717) is 13.2 Å². The maximum Gasteiger partial charge on any atom is 0.361 e. The fourth-order valence-electron chi connectivity index (χ4n) is 2.89. The Kier molecular flexibility index (Phi) is 5.11. The first-order valence-corrected chi connectivity index (χ1v) is 9.15. The van der Waals surface area contributed by atoms with Gasteiger partial charge in [0.05, 0.1) is 19.0 Å². The number of hydrogen-bond acceptors (Lipinski definition) is 3. The van der Waals surface area contributed by atoms with E-state index in [2.05, 4.69) is 32.6 Å². The molecule has 0 unspecified atom stereocenters. The summed E-state index contributed by atoms with van der Waals surface area (Å²) in [5.74, 6) is 1.44. The standard InChI is InChI=1S/C17H25O3P/c1-14(9-13-21(18)19-11-12-20-21)7-8-16-15(2)6-5-10-17(16,3)4/h7-8,13H,5-6,10-12H2,1-4H3/b8-7+. The highest BCUT2D eigenvalue weighted by Gasteiger charge is 2.27. The minimum atomic E-state index is -3.02. The summed E-state index contributed by atoms with van der Waals surface area (Å²) in [7, 11) is -3.02. The van der Waals surface area contributed by atoms with E-state index < -0.39 is 7.60 Å². The van der Waals surface area contributed by atoms with Gasteiger partial charge in [-0.1, -0.05) is 31.6 Å². The van der Waals surface area contributed by atoms with E-state index in [9.17, 15) is 4.57 Å². The van der Waals surface area contributed by atoms with Crippen LogP contribution >= 0.6 is 7.60 Å². The summed E-state index contributed by atoms with van der Waals surface area (Å²) in [4.78, 5) is 0. The van der Waals surface area contributed by atoms with Gasteiger partial charge >= 0.3 is 7.60 Å². The molecule has 0 amide bonds. The molecule has 0 spiro atoms. The van der Waals surface area contributed by atoms with Crippen molar-refractivity contribution >= 4 is 7.60 Å². The summed E-state index contributed by atoms with van der Waals surface area (Å²) in [6, 6.07) is 0. The average molecular weight is 308 g/mol. The van der Waals surface area contributed by atoms with Crippen LogP contribution in [0.5, 0.6) is 0 Å². The van der Waals surface area contributed by atoms with Crippen LogP contribution in [0, 0.1) is 5.41 Å². The Hall–Kier alpha value is -0.850. The summed E-state index contributed by atoms with van der Waals surface area (Å²) in [6.45, 7) is 9.54. The molecule has 0 aromatic carbocycles. The Labute approximate surface area is 127 Å². The number of rotatable bonds is 3. The van der Waals surface area contributed by atoms with Crippen LogP contribution < -0.4 is 0 Å². The second kappa shape index (κ2) is 6.50. The lowest BCUT2D eigenvalue weighted by molar-refractivity contribution is 0.364. The molecule has 0 bridgehead atoms. The van der Waals surface area contributed by atoms with Gasteiger partial charge in [-0.15, -0.1) is 5.73 Å². The van der Waals surface area contributed by atoms with E-state index in [1.165, 1.54) is 36.2 Å². The molecule has 0 N–H and O–H groups in total. The molecule has 1 heterocycles. The Bertz CT molecular complexity index is 565. The molecule has 116 valence electrons. The first-order chi connectivity index (χ1) is 9.82. The van der Waals surface area contributed by atoms with Crippen LogP contribution in [0.4, 0.5) is 0 Å². The Morgan fingerprint density at radius 1 is 1.33 bits per heavy atom. The summed E-state index contributed by atoms with van der Waals surface area (Å²) < 4.78 is 22.2. The fourth-order valence-corrected chi connectivity index (χ4v) is 4.13. The van der Waals surface area contributed by atoms with Gasteiger partial charge in [0.15, 0.2) is 0 Å². The lowest BCUT2D eigenvalue weighted by atomic mass is 9.72. The van der Waals surface area contributed by atoms with Crippen LogP contribution in [0.3, 0.4) is 0 Å². The second-order valence-corrected chi connectivity index (χ2v) is 8.28. The van der Waals surface area contributed by atoms with E-state index in [1.54, 1.807) is 0 Å². The van der Waals surface area contributed by atoms with Crippen molar-refractivity contribution < 1.29 is 13.6 Å². The first kappa shape index (κ1) is 16.5. The van der Waals surface area contributed by atoms with Crippen molar-refractivity contribution in [3.63, 3.8) is 0 Å². The zero-order valence-electron chi connectivity index (χ0n) is 13.4. The third kappa shape index (κ3) is 4.31. The fraction of sp³-hybridized carbons (Fsp3) is 0.588. The molecular formula is C17H25O3P. The molecule has 1 aliphatic heterocycles. The predicted molar refractivity (Wildman–Crippen MR) is 86.3 cm³/mol. The SMILES string of the molecule is CC(=C=CP1(=O)OCCO1)/C=C/C1=C(C)CCCC1(C)C. The Morgan fingerprint density at radius 2 is 2.00 bits per heavy atom. The molecule has 4 heteroatoms. The molecule has 3 nitrogen and oxygen atoms in total. The average Bonchev–Trinajstić information content (AvgIpc) is 2.83. The summed E-state index contributed by atoms with van der Waals surface area (Å²) in [6.07, 6.45) is 7.88. The molecule has 0 aromatic rings. The van der Waals surface area contributed by atoms with Crippen molar-refractivity contribution in [2.75, 3.05) is 13.2 Å². The molecule has 2 aliphatic rings. The topological polar surface area (TPSA) is 35.5 Å². The highest BCUT2D eigenvalue weighted by Crippen LogP contribution is 2.52. The van der Waals surface area contributed by atoms with Crippen molar-refractivity contribution in [1.82, 2.24) is 0 Å². The van der Waals surface area contributed by atoms with Gasteiger partial charge < -0.3 is 9.05 Å². The third-order valence-corrected chi connectivity index (χ3v) is 5.65. The molecule has 1 aliphatic carbocycles. The van der Waals surface area contributed by atoms with Crippen LogP contribution in [0.25, 0.3) is 0 Å². The third-order valence-electron chi connectivity index (χ3n) is 4.12.